The van der Waals surface area contributed by atoms with Crippen LogP contribution in [0.15, 0.2) is 70.7 Å². The number of benzene rings is 2. The summed E-state index contributed by atoms with van der Waals surface area (Å²) >= 11 is 6.14. The minimum atomic E-state index is -0.129. The van der Waals surface area contributed by atoms with Crippen LogP contribution in [0.25, 0.3) is 0 Å². The third-order valence-electron chi connectivity index (χ3n) is 5.11. The second-order valence-corrected chi connectivity index (χ2v) is 7.51. The van der Waals surface area contributed by atoms with E-state index >= 15 is 0 Å². The highest BCUT2D eigenvalue weighted by Gasteiger charge is 2.21. The molecule has 1 unspecified atom stereocenters. The first-order valence-electron chi connectivity index (χ1n) is 9.26. The molecule has 0 spiro atoms. The van der Waals surface area contributed by atoms with Crippen molar-refractivity contribution in [1.82, 2.24) is 4.57 Å². The van der Waals surface area contributed by atoms with Gasteiger partial charge in [-0.05, 0) is 47.4 Å². The fourth-order valence-corrected chi connectivity index (χ4v) is 3.69. The van der Waals surface area contributed by atoms with Gasteiger partial charge in [-0.15, -0.1) is 0 Å². The van der Waals surface area contributed by atoms with Crippen LogP contribution in [0.5, 0.6) is 0 Å². The zero-order chi connectivity index (χ0) is 21.0. The molecule has 0 radical (unpaired) electrons. The first-order valence-corrected chi connectivity index (χ1v) is 9.64. The Morgan fingerprint density at radius 2 is 1.86 bits per heavy atom. The zero-order valence-electron chi connectivity index (χ0n) is 16.3. The van der Waals surface area contributed by atoms with Crippen LogP contribution in [0.1, 0.15) is 40.2 Å². The SMILES string of the molecule is Cc1cc(Cl)ccc1C(C/C(=N/O)c1ccc(=O)n(C)c1)c1ccc(CO)cc1. The molecule has 6 heteroatoms. The van der Waals surface area contributed by atoms with Crippen molar-refractivity contribution in [3.63, 3.8) is 0 Å². The Bertz CT molecular complexity index is 1090. The molecule has 5 nitrogen and oxygen atoms in total. The highest BCUT2D eigenvalue weighted by molar-refractivity contribution is 6.30. The maximum atomic E-state index is 11.7. The second-order valence-electron chi connectivity index (χ2n) is 7.07. The number of hydrogen-bond donors (Lipinski definition) is 2. The summed E-state index contributed by atoms with van der Waals surface area (Å²) in [6.07, 6.45) is 2.09. The molecule has 29 heavy (non-hydrogen) atoms. The molecule has 0 fully saturated rings. The Morgan fingerprint density at radius 3 is 2.45 bits per heavy atom. The van der Waals surface area contributed by atoms with Crippen molar-refractivity contribution >= 4 is 17.3 Å². The number of aromatic nitrogens is 1. The maximum absolute atomic E-state index is 11.7. The fourth-order valence-electron chi connectivity index (χ4n) is 3.47. The number of halogens is 1. The van der Waals surface area contributed by atoms with Crippen LogP contribution < -0.4 is 5.56 Å². The monoisotopic (exact) mass is 410 g/mol. The van der Waals surface area contributed by atoms with Gasteiger partial charge in [-0.2, -0.15) is 0 Å². The van der Waals surface area contributed by atoms with Gasteiger partial charge in [-0.1, -0.05) is 47.1 Å². The average Bonchev–Trinajstić information content (AvgIpc) is 2.72. The van der Waals surface area contributed by atoms with E-state index in [2.05, 4.69) is 5.16 Å². The van der Waals surface area contributed by atoms with E-state index in [-0.39, 0.29) is 18.1 Å². The molecule has 3 aromatic rings. The van der Waals surface area contributed by atoms with E-state index < -0.39 is 0 Å². The summed E-state index contributed by atoms with van der Waals surface area (Å²) in [7, 11) is 1.66. The third kappa shape index (κ3) is 4.75. The number of hydrogen-bond acceptors (Lipinski definition) is 4. The van der Waals surface area contributed by atoms with E-state index in [1.165, 1.54) is 10.6 Å². The second kappa shape index (κ2) is 9.07. The topological polar surface area (TPSA) is 74.8 Å². The lowest BCUT2D eigenvalue weighted by Crippen LogP contribution is -2.18. The minimum Gasteiger partial charge on any atom is -0.411 e. The van der Waals surface area contributed by atoms with Crippen LogP contribution in [0.3, 0.4) is 0 Å². The molecule has 1 heterocycles. The normalized spacial score (nSPS) is 12.8. The smallest absolute Gasteiger partial charge is 0.250 e. The first-order chi connectivity index (χ1) is 13.9. The van der Waals surface area contributed by atoms with Crippen LogP contribution in [-0.2, 0) is 13.7 Å². The van der Waals surface area contributed by atoms with Gasteiger partial charge in [0.2, 0.25) is 5.56 Å². The van der Waals surface area contributed by atoms with Crippen LogP contribution >= 0.6 is 11.6 Å². The highest BCUT2D eigenvalue weighted by Crippen LogP contribution is 2.33. The number of aliphatic hydroxyl groups is 1. The van der Waals surface area contributed by atoms with Crippen LogP contribution in [-0.4, -0.2) is 20.6 Å². The van der Waals surface area contributed by atoms with Crippen molar-refractivity contribution in [2.24, 2.45) is 12.2 Å². The van der Waals surface area contributed by atoms with Gasteiger partial charge in [-0.25, -0.2) is 0 Å². The van der Waals surface area contributed by atoms with Crippen molar-refractivity contribution in [2.45, 2.75) is 25.9 Å². The Hall–Kier alpha value is -2.89. The third-order valence-corrected chi connectivity index (χ3v) is 5.34. The van der Waals surface area contributed by atoms with Crippen LogP contribution in [0.2, 0.25) is 5.02 Å². The van der Waals surface area contributed by atoms with Crippen molar-refractivity contribution in [3.05, 3.63) is 104 Å². The van der Waals surface area contributed by atoms with Gasteiger partial charge in [0.05, 0.1) is 12.3 Å². The Morgan fingerprint density at radius 1 is 1.14 bits per heavy atom. The summed E-state index contributed by atoms with van der Waals surface area (Å²) < 4.78 is 1.46. The quantitative estimate of drug-likeness (QED) is 0.362. The van der Waals surface area contributed by atoms with Crippen molar-refractivity contribution in [3.8, 4) is 0 Å². The molecule has 3 rings (SSSR count). The van der Waals surface area contributed by atoms with Gasteiger partial charge in [0.25, 0.3) is 0 Å². The van der Waals surface area contributed by atoms with Gasteiger partial charge < -0.3 is 14.9 Å². The fraction of sp³-hybridized carbons (Fsp3) is 0.217. The van der Waals surface area contributed by atoms with E-state index in [9.17, 15) is 15.1 Å². The molecule has 0 aliphatic carbocycles. The molecule has 0 amide bonds. The van der Waals surface area contributed by atoms with E-state index in [1.54, 1.807) is 19.3 Å². The summed E-state index contributed by atoms with van der Waals surface area (Å²) in [5.41, 5.74) is 4.98. The molecule has 0 saturated heterocycles. The summed E-state index contributed by atoms with van der Waals surface area (Å²) in [4.78, 5) is 11.7. The summed E-state index contributed by atoms with van der Waals surface area (Å²) in [6, 6.07) is 16.6. The summed E-state index contributed by atoms with van der Waals surface area (Å²) in [5, 5.41) is 23.3. The van der Waals surface area contributed by atoms with Crippen LogP contribution in [0.4, 0.5) is 0 Å². The van der Waals surface area contributed by atoms with Crippen molar-refractivity contribution in [1.29, 1.82) is 0 Å². The largest absolute Gasteiger partial charge is 0.411 e. The van der Waals surface area contributed by atoms with Gasteiger partial charge in [-0.3, -0.25) is 4.79 Å². The molecule has 1 atom stereocenters. The molecule has 0 saturated carbocycles. The van der Waals surface area contributed by atoms with Crippen molar-refractivity contribution in [2.75, 3.05) is 0 Å². The molecular formula is C23H23ClN2O3. The number of aryl methyl sites for hydroxylation is 2. The van der Waals surface area contributed by atoms with Gasteiger partial charge >= 0.3 is 0 Å². The number of aliphatic hydroxyl groups excluding tert-OH is 1. The highest BCUT2D eigenvalue weighted by atomic mass is 35.5. The lowest BCUT2D eigenvalue weighted by molar-refractivity contribution is 0.282. The average molecular weight is 411 g/mol. The van der Waals surface area contributed by atoms with Crippen LogP contribution in [0, 0.1) is 6.92 Å². The number of pyridine rings is 1. The Labute approximate surface area is 174 Å². The molecule has 150 valence electrons. The van der Waals surface area contributed by atoms with E-state index in [4.69, 9.17) is 11.6 Å². The number of rotatable bonds is 6. The molecule has 2 aromatic carbocycles. The van der Waals surface area contributed by atoms with Gasteiger partial charge in [0, 0.05) is 42.2 Å². The number of nitrogens with zero attached hydrogens (tertiary/aromatic N) is 2. The Balaban J connectivity index is 2.05. The molecule has 2 N–H and O–H groups in total. The minimum absolute atomic E-state index is 0.0215. The molecule has 1 aromatic heterocycles. The van der Waals surface area contributed by atoms with Crippen molar-refractivity contribution < 1.29 is 10.3 Å². The zero-order valence-corrected chi connectivity index (χ0v) is 17.1. The predicted octanol–water partition coefficient (Wildman–Crippen LogP) is 4.24. The summed E-state index contributed by atoms with van der Waals surface area (Å²) in [6.45, 7) is 1.98. The summed E-state index contributed by atoms with van der Waals surface area (Å²) in [5.74, 6) is -0.0943. The number of oxime groups is 1. The van der Waals surface area contributed by atoms with E-state index in [0.717, 1.165) is 22.3 Å². The van der Waals surface area contributed by atoms with E-state index in [1.807, 2.05) is 49.4 Å². The predicted molar refractivity (Wildman–Crippen MR) is 115 cm³/mol. The standard InChI is InChI=1S/C23H23ClN2O3/c1-15-11-19(24)8-9-20(15)21(17-5-3-16(14-27)4-6-17)12-22(25-29)18-7-10-23(28)26(2)13-18/h3-11,13,21,27,29H,12,14H2,1-2H3/b25-22-. The lowest BCUT2D eigenvalue weighted by Gasteiger charge is -2.21. The Kier molecular flexibility index (Phi) is 6.52. The van der Waals surface area contributed by atoms with Gasteiger partial charge in [0.15, 0.2) is 0 Å². The lowest BCUT2D eigenvalue weighted by atomic mass is 9.83. The maximum Gasteiger partial charge on any atom is 0.250 e. The first kappa shape index (κ1) is 20.8. The molecule has 0 aliphatic heterocycles. The van der Waals surface area contributed by atoms with E-state index in [0.29, 0.717) is 22.7 Å². The van der Waals surface area contributed by atoms with Gasteiger partial charge in [0.1, 0.15) is 0 Å². The molecule has 0 aliphatic rings. The molecule has 0 bridgehead atoms. The molecular weight excluding hydrogens is 388 g/mol.